The molecule has 0 saturated carbocycles. The summed E-state index contributed by atoms with van der Waals surface area (Å²) in [5.74, 6) is 1.02. The number of carbonyl (C=O) groups excluding carboxylic acids is 1. The fraction of sp³-hybridized carbons (Fsp3) is 0.353. The number of nitrogens with one attached hydrogen (secondary N) is 1. The third-order valence-corrected chi connectivity index (χ3v) is 3.89. The Bertz CT molecular complexity index is 678. The van der Waals surface area contributed by atoms with E-state index in [4.69, 9.17) is 9.15 Å². The molecule has 1 N–H and O–H groups in total. The average Bonchev–Trinajstić information content (AvgIpc) is 2.77. The Balaban J connectivity index is 1.85. The number of hydrogen-bond acceptors (Lipinski definition) is 5. The fourth-order valence-corrected chi connectivity index (χ4v) is 2.80. The van der Waals surface area contributed by atoms with Gasteiger partial charge in [0.2, 0.25) is 0 Å². The number of rotatable bonds is 3. The summed E-state index contributed by atoms with van der Waals surface area (Å²) in [6.45, 7) is 4.32. The van der Waals surface area contributed by atoms with E-state index in [9.17, 15) is 4.79 Å². The van der Waals surface area contributed by atoms with E-state index < -0.39 is 0 Å². The van der Waals surface area contributed by atoms with Crippen molar-refractivity contribution in [3.05, 3.63) is 47.4 Å². The number of fused-ring (bicyclic) bond motifs is 1. The second-order valence-electron chi connectivity index (χ2n) is 5.39. The number of nitrogens with zero attached hydrogens (tertiary/aromatic N) is 1. The van der Waals surface area contributed by atoms with Gasteiger partial charge in [-0.25, -0.2) is 4.79 Å². The van der Waals surface area contributed by atoms with E-state index in [2.05, 4.69) is 22.3 Å². The van der Waals surface area contributed by atoms with E-state index in [1.165, 1.54) is 7.11 Å². The van der Waals surface area contributed by atoms with Crippen molar-refractivity contribution in [2.45, 2.75) is 19.9 Å². The van der Waals surface area contributed by atoms with E-state index in [1.54, 1.807) is 13.0 Å². The second-order valence-corrected chi connectivity index (χ2v) is 5.39. The molecule has 5 heteroatoms. The summed E-state index contributed by atoms with van der Waals surface area (Å²) >= 11 is 0. The molecular formula is C17H20N2O3. The number of ether oxygens (including phenoxy) is 1. The Kier molecular flexibility index (Phi) is 4.04. The van der Waals surface area contributed by atoms with Gasteiger partial charge in [0.25, 0.3) is 0 Å². The van der Waals surface area contributed by atoms with Crippen LogP contribution >= 0.6 is 0 Å². The molecule has 2 aromatic rings. The van der Waals surface area contributed by atoms with Crippen molar-refractivity contribution >= 4 is 17.3 Å². The Morgan fingerprint density at radius 3 is 3.05 bits per heavy atom. The topological polar surface area (TPSA) is 54.7 Å². The number of benzene rings is 1. The second kappa shape index (κ2) is 6.13. The Morgan fingerprint density at radius 2 is 2.23 bits per heavy atom. The predicted molar refractivity (Wildman–Crippen MR) is 85.4 cm³/mol. The summed E-state index contributed by atoms with van der Waals surface area (Å²) in [6, 6.07) is 10.0. The van der Waals surface area contributed by atoms with Gasteiger partial charge in [0, 0.05) is 13.1 Å². The maximum absolute atomic E-state index is 11.7. The first-order chi connectivity index (χ1) is 10.7. The zero-order valence-corrected chi connectivity index (χ0v) is 12.9. The van der Waals surface area contributed by atoms with Gasteiger partial charge in [0.1, 0.15) is 17.1 Å². The summed E-state index contributed by atoms with van der Waals surface area (Å²) in [5, 5.41) is 3.44. The van der Waals surface area contributed by atoms with E-state index >= 15 is 0 Å². The molecule has 1 aromatic heterocycles. The molecule has 0 saturated heterocycles. The van der Waals surface area contributed by atoms with Gasteiger partial charge in [0.15, 0.2) is 0 Å². The first-order valence-corrected chi connectivity index (χ1v) is 7.44. The lowest BCUT2D eigenvalue weighted by Crippen LogP contribution is -2.23. The fourth-order valence-electron chi connectivity index (χ4n) is 2.80. The van der Waals surface area contributed by atoms with Gasteiger partial charge in [-0.15, -0.1) is 0 Å². The molecule has 3 rings (SSSR count). The first-order valence-electron chi connectivity index (χ1n) is 7.44. The van der Waals surface area contributed by atoms with Gasteiger partial charge in [0.05, 0.1) is 25.0 Å². The van der Waals surface area contributed by atoms with Crippen LogP contribution in [0, 0.1) is 6.92 Å². The molecule has 0 bridgehead atoms. The average molecular weight is 300 g/mol. The lowest BCUT2D eigenvalue weighted by molar-refractivity contribution is 0.0599. The van der Waals surface area contributed by atoms with Crippen LogP contribution < -0.4 is 10.2 Å². The number of carbonyl (C=O) groups is 1. The number of methoxy groups -OCH3 is 1. The molecule has 0 amide bonds. The predicted octanol–water partition coefficient (Wildman–Crippen LogP) is 3.20. The quantitative estimate of drug-likeness (QED) is 0.882. The van der Waals surface area contributed by atoms with Gasteiger partial charge in [-0.05, 0) is 31.5 Å². The molecule has 0 fully saturated rings. The molecule has 116 valence electrons. The minimum Gasteiger partial charge on any atom is -0.465 e. The number of furan rings is 1. The minimum atomic E-state index is -0.356. The monoisotopic (exact) mass is 300 g/mol. The van der Waals surface area contributed by atoms with Crippen molar-refractivity contribution < 1.29 is 13.9 Å². The molecule has 0 radical (unpaired) electrons. The van der Waals surface area contributed by atoms with E-state index in [0.717, 1.165) is 36.6 Å². The minimum absolute atomic E-state index is 0.356. The standard InChI is InChI=1S/C17H20N2O3/c1-12-14(17(20)21-2)10-13(22-12)11-19-9-5-8-18-15-6-3-4-7-16(15)19/h3-4,6-7,10,18H,5,8-9,11H2,1-2H3. The maximum atomic E-state index is 11.7. The van der Waals surface area contributed by atoms with Crippen molar-refractivity contribution in [2.24, 2.45) is 0 Å². The van der Waals surface area contributed by atoms with Crippen molar-refractivity contribution in [1.29, 1.82) is 0 Å². The van der Waals surface area contributed by atoms with Crippen LogP contribution in [0.5, 0.6) is 0 Å². The van der Waals surface area contributed by atoms with E-state index in [1.807, 2.05) is 12.1 Å². The van der Waals surface area contributed by atoms with Crippen LogP contribution in [-0.2, 0) is 11.3 Å². The summed E-state index contributed by atoms with van der Waals surface area (Å²) in [6.07, 6.45) is 1.05. The lowest BCUT2D eigenvalue weighted by atomic mass is 10.2. The summed E-state index contributed by atoms with van der Waals surface area (Å²) in [7, 11) is 1.38. The Hall–Kier alpha value is -2.43. The number of para-hydroxylation sites is 2. The van der Waals surface area contributed by atoms with Gasteiger partial charge in [-0.2, -0.15) is 0 Å². The Morgan fingerprint density at radius 1 is 1.41 bits per heavy atom. The summed E-state index contributed by atoms with van der Waals surface area (Å²) < 4.78 is 10.5. The van der Waals surface area contributed by atoms with Crippen molar-refractivity contribution in [3.8, 4) is 0 Å². The normalized spacial score (nSPS) is 14.0. The van der Waals surface area contributed by atoms with Gasteiger partial charge in [-0.1, -0.05) is 12.1 Å². The van der Waals surface area contributed by atoms with Crippen molar-refractivity contribution in [1.82, 2.24) is 0 Å². The van der Waals surface area contributed by atoms with Crippen molar-refractivity contribution in [3.63, 3.8) is 0 Å². The molecule has 0 aliphatic carbocycles. The molecule has 5 nitrogen and oxygen atoms in total. The van der Waals surface area contributed by atoms with Gasteiger partial charge < -0.3 is 19.4 Å². The van der Waals surface area contributed by atoms with E-state index in [-0.39, 0.29) is 5.97 Å². The Labute approximate surface area is 129 Å². The molecule has 1 aromatic carbocycles. The zero-order chi connectivity index (χ0) is 15.5. The molecular weight excluding hydrogens is 280 g/mol. The highest BCUT2D eigenvalue weighted by atomic mass is 16.5. The third kappa shape index (κ3) is 2.79. The highest BCUT2D eigenvalue weighted by molar-refractivity contribution is 5.90. The van der Waals surface area contributed by atoms with Crippen LogP contribution in [-0.4, -0.2) is 26.2 Å². The zero-order valence-electron chi connectivity index (χ0n) is 12.9. The smallest absolute Gasteiger partial charge is 0.341 e. The summed E-state index contributed by atoms with van der Waals surface area (Å²) in [5.41, 5.74) is 2.80. The molecule has 0 atom stereocenters. The maximum Gasteiger partial charge on any atom is 0.341 e. The highest BCUT2D eigenvalue weighted by Crippen LogP contribution is 2.30. The molecule has 0 spiro atoms. The van der Waals surface area contributed by atoms with Crippen LogP contribution in [0.25, 0.3) is 0 Å². The van der Waals surface area contributed by atoms with Crippen LogP contribution in [0.3, 0.4) is 0 Å². The van der Waals surface area contributed by atoms with Gasteiger partial charge in [-0.3, -0.25) is 0 Å². The number of hydrogen-bond donors (Lipinski definition) is 1. The van der Waals surface area contributed by atoms with Crippen LogP contribution in [0.1, 0.15) is 28.3 Å². The van der Waals surface area contributed by atoms with Crippen LogP contribution in [0.4, 0.5) is 11.4 Å². The molecule has 0 unspecified atom stereocenters. The largest absolute Gasteiger partial charge is 0.465 e. The van der Waals surface area contributed by atoms with Crippen LogP contribution in [0.2, 0.25) is 0 Å². The van der Waals surface area contributed by atoms with E-state index in [0.29, 0.717) is 17.9 Å². The number of anilines is 2. The number of esters is 1. The lowest BCUT2D eigenvalue weighted by Gasteiger charge is -2.23. The number of aryl methyl sites for hydroxylation is 1. The summed E-state index contributed by atoms with van der Waals surface area (Å²) in [4.78, 5) is 14.0. The first kappa shape index (κ1) is 14.5. The van der Waals surface area contributed by atoms with Gasteiger partial charge >= 0.3 is 5.97 Å². The highest BCUT2D eigenvalue weighted by Gasteiger charge is 2.19. The molecule has 2 heterocycles. The molecule has 1 aliphatic heterocycles. The molecule has 1 aliphatic rings. The van der Waals surface area contributed by atoms with Crippen LogP contribution in [0.15, 0.2) is 34.7 Å². The SMILES string of the molecule is COC(=O)c1cc(CN2CCCNc3ccccc32)oc1C. The third-order valence-electron chi connectivity index (χ3n) is 3.89. The molecule has 22 heavy (non-hydrogen) atoms. The van der Waals surface area contributed by atoms with Crippen molar-refractivity contribution in [2.75, 3.05) is 30.4 Å².